The van der Waals surface area contributed by atoms with Gasteiger partial charge in [0.1, 0.15) is 0 Å². The Morgan fingerprint density at radius 1 is 1.59 bits per heavy atom. The maximum atomic E-state index is 12.3. The first-order chi connectivity index (χ1) is 8.09. The molecule has 0 aliphatic carbocycles. The molecule has 1 fully saturated rings. The second-order valence-corrected chi connectivity index (χ2v) is 7.37. The van der Waals surface area contributed by atoms with E-state index in [2.05, 4.69) is 37.2 Å². The van der Waals surface area contributed by atoms with Gasteiger partial charge in [0.2, 0.25) is 0 Å². The number of nitrogens with zero attached hydrogens (tertiary/aromatic N) is 1. The van der Waals surface area contributed by atoms with E-state index in [1.165, 1.54) is 11.3 Å². The van der Waals surface area contributed by atoms with Gasteiger partial charge in [-0.15, -0.1) is 11.3 Å². The third kappa shape index (κ3) is 3.10. The van der Waals surface area contributed by atoms with Gasteiger partial charge >= 0.3 is 0 Å². The van der Waals surface area contributed by atoms with Crippen molar-refractivity contribution < 1.29 is 4.79 Å². The van der Waals surface area contributed by atoms with Gasteiger partial charge in [-0.2, -0.15) is 0 Å². The molecule has 2 heterocycles. The van der Waals surface area contributed by atoms with E-state index in [0.29, 0.717) is 6.04 Å². The molecule has 1 aromatic heterocycles. The van der Waals surface area contributed by atoms with Crippen LogP contribution in [0.2, 0.25) is 0 Å². The van der Waals surface area contributed by atoms with Gasteiger partial charge in [0.15, 0.2) is 0 Å². The molecule has 6 heteroatoms. The van der Waals surface area contributed by atoms with Crippen LogP contribution in [0.15, 0.2) is 14.3 Å². The molecular weight excluding hydrogens is 368 g/mol. The summed E-state index contributed by atoms with van der Waals surface area (Å²) in [7, 11) is 1.89. The number of piperidine rings is 1. The van der Waals surface area contributed by atoms with Gasteiger partial charge < -0.3 is 10.2 Å². The molecule has 0 spiro atoms. The van der Waals surface area contributed by atoms with Crippen LogP contribution < -0.4 is 5.32 Å². The van der Waals surface area contributed by atoms with Crippen LogP contribution in [-0.4, -0.2) is 37.0 Å². The molecule has 1 unspecified atom stereocenters. The van der Waals surface area contributed by atoms with Gasteiger partial charge in [-0.05, 0) is 57.3 Å². The summed E-state index contributed by atoms with van der Waals surface area (Å²) < 4.78 is 1.91. The van der Waals surface area contributed by atoms with Crippen LogP contribution >= 0.6 is 43.2 Å². The normalized spacial score (nSPS) is 20.3. The lowest BCUT2D eigenvalue weighted by Gasteiger charge is -2.31. The van der Waals surface area contributed by atoms with Gasteiger partial charge in [0.05, 0.1) is 8.66 Å². The van der Waals surface area contributed by atoms with E-state index in [1.54, 1.807) is 0 Å². The second-order valence-electron chi connectivity index (χ2n) is 4.15. The van der Waals surface area contributed by atoms with Crippen LogP contribution in [0.25, 0.3) is 0 Å². The van der Waals surface area contributed by atoms with Crippen LogP contribution in [0.5, 0.6) is 0 Å². The number of carbonyl (C=O) groups excluding carboxylic acids is 1. The third-order valence-electron chi connectivity index (χ3n) is 2.99. The molecule has 1 aromatic rings. The molecule has 1 aliphatic heterocycles. The average molecular weight is 382 g/mol. The molecule has 2 rings (SSSR count). The van der Waals surface area contributed by atoms with E-state index in [4.69, 9.17) is 0 Å². The molecule has 1 atom stereocenters. The van der Waals surface area contributed by atoms with E-state index in [0.717, 1.165) is 39.1 Å². The lowest BCUT2D eigenvalue weighted by Crippen LogP contribution is -2.46. The molecule has 1 aliphatic rings. The zero-order chi connectivity index (χ0) is 12.4. The molecule has 3 nitrogen and oxygen atoms in total. The molecule has 0 bridgehead atoms. The Balaban J connectivity index is 2.08. The van der Waals surface area contributed by atoms with E-state index < -0.39 is 0 Å². The maximum Gasteiger partial charge on any atom is 0.264 e. The Labute approximate surface area is 122 Å². The summed E-state index contributed by atoms with van der Waals surface area (Å²) >= 11 is 8.30. The second kappa shape index (κ2) is 5.82. The summed E-state index contributed by atoms with van der Waals surface area (Å²) in [5.74, 6) is 0.107. The minimum absolute atomic E-state index is 0.107. The van der Waals surface area contributed by atoms with Gasteiger partial charge in [0, 0.05) is 24.1 Å². The van der Waals surface area contributed by atoms with E-state index in [-0.39, 0.29) is 5.91 Å². The first-order valence-corrected chi connectivity index (χ1v) is 7.92. The quantitative estimate of drug-likeness (QED) is 0.853. The highest BCUT2D eigenvalue weighted by atomic mass is 79.9. The van der Waals surface area contributed by atoms with Crippen LogP contribution in [0.3, 0.4) is 0 Å². The van der Waals surface area contributed by atoms with Crippen LogP contribution in [0, 0.1) is 0 Å². The summed E-state index contributed by atoms with van der Waals surface area (Å²) in [6.45, 7) is 1.96. The summed E-state index contributed by atoms with van der Waals surface area (Å²) in [4.78, 5) is 14.9. The molecule has 17 heavy (non-hydrogen) atoms. The van der Waals surface area contributed by atoms with Crippen molar-refractivity contribution in [2.75, 3.05) is 20.1 Å². The minimum atomic E-state index is 0.107. The lowest BCUT2D eigenvalue weighted by molar-refractivity contribution is 0.0713. The molecule has 1 saturated heterocycles. The smallest absolute Gasteiger partial charge is 0.264 e. The summed E-state index contributed by atoms with van der Waals surface area (Å²) in [5.41, 5.74) is 0. The van der Waals surface area contributed by atoms with Crippen LogP contribution in [-0.2, 0) is 0 Å². The first kappa shape index (κ1) is 13.5. The van der Waals surface area contributed by atoms with Gasteiger partial charge in [-0.3, -0.25) is 4.79 Å². The highest BCUT2D eigenvalue weighted by Gasteiger charge is 2.24. The summed E-state index contributed by atoms with van der Waals surface area (Å²) in [6, 6.07) is 2.19. The number of rotatable bonds is 2. The molecule has 0 saturated carbocycles. The highest BCUT2D eigenvalue weighted by Crippen LogP contribution is 2.33. The number of halogens is 2. The maximum absolute atomic E-state index is 12.3. The fourth-order valence-electron chi connectivity index (χ4n) is 1.96. The average Bonchev–Trinajstić information content (AvgIpc) is 2.69. The van der Waals surface area contributed by atoms with Gasteiger partial charge in [-0.25, -0.2) is 0 Å². The van der Waals surface area contributed by atoms with Gasteiger partial charge in [-0.1, -0.05) is 0 Å². The van der Waals surface area contributed by atoms with E-state index >= 15 is 0 Å². The van der Waals surface area contributed by atoms with Crippen LogP contribution in [0.1, 0.15) is 22.5 Å². The Morgan fingerprint density at radius 2 is 2.35 bits per heavy atom. The van der Waals surface area contributed by atoms with E-state index in [1.807, 2.05) is 18.0 Å². The molecule has 1 N–H and O–H groups in total. The molecule has 0 aromatic carbocycles. The number of hydrogen-bond donors (Lipinski definition) is 1. The predicted molar refractivity (Wildman–Crippen MR) is 77.7 cm³/mol. The molecule has 94 valence electrons. The van der Waals surface area contributed by atoms with Crippen molar-refractivity contribution >= 4 is 49.1 Å². The van der Waals surface area contributed by atoms with E-state index in [9.17, 15) is 4.79 Å². The zero-order valence-corrected chi connectivity index (χ0v) is 13.5. The monoisotopic (exact) mass is 380 g/mol. The Hall–Kier alpha value is 0.0900. The summed E-state index contributed by atoms with van der Waals surface area (Å²) in [5, 5.41) is 3.33. The third-order valence-corrected chi connectivity index (χ3v) is 6.24. The number of thiophene rings is 1. The number of carbonyl (C=O) groups is 1. The Morgan fingerprint density at radius 3 is 2.88 bits per heavy atom. The van der Waals surface area contributed by atoms with Crippen molar-refractivity contribution in [1.82, 2.24) is 10.2 Å². The standard InChI is InChI=1S/C11H14Br2N2OS/c1-15(7-3-2-4-14-6-7)11(16)9-5-8(12)10(13)17-9/h5,7,14H,2-4,6H2,1H3. The Kier molecular flexibility index (Phi) is 4.63. The van der Waals surface area contributed by atoms with Gasteiger partial charge in [0.25, 0.3) is 5.91 Å². The number of amides is 1. The van der Waals surface area contributed by atoms with Crippen molar-refractivity contribution in [3.8, 4) is 0 Å². The van der Waals surface area contributed by atoms with Crippen molar-refractivity contribution in [3.05, 3.63) is 19.2 Å². The SMILES string of the molecule is CN(C(=O)c1cc(Br)c(Br)s1)C1CCCNC1. The van der Waals surface area contributed by atoms with Crippen molar-refractivity contribution in [3.63, 3.8) is 0 Å². The first-order valence-electron chi connectivity index (χ1n) is 5.52. The molecule has 0 radical (unpaired) electrons. The number of hydrogen-bond acceptors (Lipinski definition) is 3. The van der Waals surface area contributed by atoms with Crippen LogP contribution in [0.4, 0.5) is 0 Å². The molecular formula is C11H14Br2N2OS. The Bertz CT molecular complexity index is 396. The lowest BCUT2D eigenvalue weighted by atomic mass is 10.1. The van der Waals surface area contributed by atoms with Crippen molar-refractivity contribution in [2.45, 2.75) is 18.9 Å². The van der Waals surface area contributed by atoms with Crippen molar-refractivity contribution in [2.24, 2.45) is 0 Å². The highest BCUT2D eigenvalue weighted by molar-refractivity contribution is 9.13. The number of nitrogens with one attached hydrogen (secondary N) is 1. The minimum Gasteiger partial charge on any atom is -0.337 e. The molecule has 1 amide bonds. The topological polar surface area (TPSA) is 32.3 Å². The zero-order valence-electron chi connectivity index (χ0n) is 9.50. The predicted octanol–water partition coefficient (Wildman–Crippen LogP) is 3.10. The number of likely N-dealkylation sites (N-methyl/N-ethyl adjacent to an activating group) is 1. The fraction of sp³-hybridized carbons (Fsp3) is 0.545. The largest absolute Gasteiger partial charge is 0.337 e. The fourth-order valence-corrected chi connectivity index (χ4v) is 3.97. The van der Waals surface area contributed by atoms with Crippen molar-refractivity contribution in [1.29, 1.82) is 0 Å². The summed E-state index contributed by atoms with van der Waals surface area (Å²) in [6.07, 6.45) is 2.23.